The monoisotopic (exact) mass is 395 g/mol. The molecule has 1 atom stereocenters. The Kier molecular flexibility index (Phi) is 5.27. The van der Waals surface area contributed by atoms with Crippen LogP contribution in [0.15, 0.2) is 21.5 Å². The zero-order chi connectivity index (χ0) is 16.3. The van der Waals surface area contributed by atoms with Gasteiger partial charge in [-0.05, 0) is 22.0 Å². The fourth-order valence-corrected chi connectivity index (χ4v) is 3.81. The maximum Gasteiger partial charge on any atom is 0.336 e. The first kappa shape index (κ1) is 17.0. The Bertz CT molecular complexity index is 676. The standard InChI is InChI=1S/C12H14BrNO7S/c1-19-12(16)8(15)6-14-22(17,18)11-5-10-9(4-7(11)13)20-2-3-21-10/h4-5,8,14-15H,2-3,6H2,1H3. The SMILES string of the molecule is COC(=O)C(O)CNS(=O)(=O)c1cc2c(cc1Br)OCCO2. The van der Waals surface area contributed by atoms with Crippen molar-refractivity contribution >= 4 is 31.9 Å². The summed E-state index contributed by atoms with van der Waals surface area (Å²) in [6, 6.07) is 2.80. The van der Waals surface area contributed by atoms with Crippen LogP contribution in [0.3, 0.4) is 0 Å². The molecule has 0 fully saturated rings. The summed E-state index contributed by atoms with van der Waals surface area (Å²) < 4.78 is 41.9. The van der Waals surface area contributed by atoms with E-state index in [0.717, 1.165) is 7.11 Å². The second-order valence-electron chi connectivity index (χ2n) is 4.32. The second kappa shape index (κ2) is 6.82. The number of fused-ring (bicyclic) bond motifs is 1. The normalized spacial score (nSPS) is 15.2. The molecule has 0 saturated carbocycles. The maximum atomic E-state index is 12.3. The summed E-state index contributed by atoms with van der Waals surface area (Å²) in [5.74, 6) is -0.182. The van der Waals surface area contributed by atoms with E-state index in [1.165, 1.54) is 12.1 Å². The van der Waals surface area contributed by atoms with Gasteiger partial charge in [0.2, 0.25) is 10.0 Å². The Morgan fingerprint density at radius 3 is 2.59 bits per heavy atom. The van der Waals surface area contributed by atoms with Crippen LogP contribution in [0.2, 0.25) is 0 Å². The number of methoxy groups -OCH3 is 1. The molecule has 1 aromatic rings. The number of hydrogen-bond acceptors (Lipinski definition) is 7. The summed E-state index contributed by atoms with van der Waals surface area (Å²) in [4.78, 5) is 11.0. The van der Waals surface area contributed by atoms with Crippen molar-refractivity contribution < 1.29 is 32.5 Å². The second-order valence-corrected chi connectivity index (χ2v) is 6.91. The van der Waals surface area contributed by atoms with Gasteiger partial charge in [0.05, 0.1) is 7.11 Å². The van der Waals surface area contributed by atoms with Crippen LogP contribution < -0.4 is 14.2 Å². The summed E-state index contributed by atoms with van der Waals surface area (Å²) in [6.45, 7) is 0.202. The van der Waals surface area contributed by atoms with Gasteiger partial charge in [0, 0.05) is 17.1 Å². The minimum atomic E-state index is -3.96. The van der Waals surface area contributed by atoms with Gasteiger partial charge in [-0.15, -0.1) is 0 Å². The quantitative estimate of drug-likeness (QED) is 0.676. The Labute approximate surface area is 135 Å². The van der Waals surface area contributed by atoms with Gasteiger partial charge in [0.15, 0.2) is 17.6 Å². The molecule has 122 valence electrons. The molecule has 0 saturated heterocycles. The summed E-state index contributed by atoms with van der Waals surface area (Å²) in [5, 5.41) is 9.43. The minimum Gasteiger partial charge on any atom is -0.486 e. The van der Waals surface area contributed by atoms with E-state index < -0.39 is 28.6 Å². The summed E-state index contributed by atoms with van der Waals surface area (Å²) in [6.07, 6.45) is -1.59. The zero-order valence-corrected chi connectivity index (χ0v) is 13.9. The van der Waals surface area contributed by atoms with Crippen LogP contribution in [0.5, 0.6) is 11.5 Å². The summed E-state index contributed by atoms with van der Waals surface area (Å²) >= 11 is 3.15. The molecule has 0 aromatic heterocycles. The van der Waals surface area contributed by atoms with Gasteiger partial charge < -0.3 is 19.3 Å². The third kappa shape index (κ3) is 3.69. The molecule has 10 heteroatoms. The van der Waals surface area contributed by atoms with Gasteiger partial charge in [-0.25, -0.2) is 17.9 Å². The van der Waals surface area contributed by atoms with Gasteiger partial charge in [-0.3, -0.25) is 0 Å². The Balaban J connectivity index is 2.20. The van der Waals surface area contributed by atoms with Crippen LogP contribution in [0.1, 0.15) is 0 Å². The molecule has 1 unspecified atom stereocenters. The highest BCUT2D eigenvalue weighted by Gasteiger charge is 2.25. The lowest BCUT2D eigenvalue weighted by Crippen LogP contribution is -2.37. The van der Waals surface area contributed by atoms with Crippen LogP contribution in [0.25, 0.3) is 0 Å². The number of carbonyl (C=O) groups is 1. The van der Waals surface area contributed by atoms with E-state index in [-0.39, 0.29) is 9.37 Å². The predicted molar refractivity (Wildman–Crippen MR) is 78.3 cm³/mol. The van der Waals surface area contributed by atoms with E-state index in [2.05, 4.69) is 25.4 Å². The first-order valence-corrected chi connectivity index (χ1v) is 8.47. The number of halogens is 1. The molecule has 1 aromatic carbocycles. The molecule has 0 bridgehead atoms. The molecule has 1 heterocycles. The van der Waals surface area contributed by atoms with Crippen molar-refractivity contribution in [2.75, 3.05) is 26.9 Å². The molecule has 22 heavy (non-hydrogen) atoms. The average molecular weight is 396 g/mol. The number of benzene rings is 1. The van der Waals surface area contributed by atoms with Crippen molar-refractivity contribution in [2.45, 2.75) is 11.0 Å². The first-order valence-electron chi connectivity index (χ1n) is 6.20. The van der Waals surface area contributed by atoms with Gasteiger partial charge in [0.1, 0.15) is 18.1 Å². The molecule has 0 spiro atoms. The molecular weight excluding hydrogens is 382 g/mol. The largest absolute Gasteiger partial charge is 0.486 e. The number of esters is 1. The van der Waals surface area contributed by atoms with Crippen molar-refractivity contribution in [1.82, 2.24) is 4.72 Å². The number of hydrogen-bond donors (Lipinski definition) is 2. The Morgan fingerprint density at radius 2 is 2.00 bits per heavy atom. The van der Waals surface area contributed by atoms with Crippen molar-refractivity contribution in [3.63, 3.8) is 0 Å². The molecule has 0 aliphatic carbocycles. The van der Waals surface area contributed by atoms with Crippen LogP contribution in [-0.2, 0) is 19.6 Å². The van der Waals surface area contributed by atoms with Crippen molar-refractivity contribution in [3.05, 3.63) is 16.6 Å². The summed E-state index contributed by atoms with van der Waals surface area (Å²) in [7, 11) is -2.87. The number of ether oxygens (including phenoxy) is 3. The average Bonchev–Trinajstić information content (AvgIpc) is 2.51. The highest BCUT2D eigenvalue weighted by molar-refractivity contribution is 9.10. The lowest BCUT2D eigenvalue weighted by atomic mass is 10.3. The van der Waals surface area contributed by atoms with E-state index in [1.807, 2.05) is 0 Å². The zero-order valence-electron chi connectivity index (χ0n) is 11.5. The van der Waals surface area contributed by atoms with Crippen molar-refractivity contribution in [1.29, 1.82) is 0 Å². The van der Waals surface area contributed by atoms with Gasteiger partial charge in [-0.1, -0.05) is 0 Å². The van der Waals surface area contributed by atoms with Gasteiger partial charge in [0.25, 0.3) is 0 Å². The van der Waals surface area contributed by atoms with Crippen molar-refractivity contribution in [2.24, 2.45) is 0 Å². The lowest BCUT2D eigenvalue weighted by Gasteiger charge is -2.20. The molecule has 2 N–H and O–H groups in total. The molecule has 0 radical (unpaired) electrons. The van der Waals surface area contributed by atoms with E-state index >= 15 is 0 Å². The summed E-state index contributed by atoms with van der Waals surface area (Å²) in [5.41, 5.74) is 0. The fraction of sp³-hybridized carbons (Fsp3) is 0.417. The highest BCUT2D eigenvalue weighted by Crippen LogP contribution is 2.37. The van der Waals surface area contributed by atoms with E-state index in [9.17, 15) is 18.3 Å². The third-order valence-electron chi connectivity index (χ3n) is 2.83. The smallest absolute Gasteiger partial charge is 0.336 e. The maximum absolute atomic E-state index is 12.3. The number of carbonyl (C=O) groups excluding carboxylic acids is 1. The molecule has 8 nitrogen and oxygen atoms in total. The molecule has 0 amide bonds. The number of aliphatic hydroxyl groups excluding tert-OH is 1. The molecule has 2 rings (SSSR count). The fourth-order valence-electron chi connectivity index (χ4n) is 1.74. The van der Waals surface area contributed by atoms with Crippen molar-refractivity contribution in [3.8, 4) is 11.5 Å². The molecule has 1 aliphatic heterocycles. The highest BCUT2D eigenvalue weighted by atomic mass is 79.9. The molecule has 1 aliphatic rings. The first-order chi connectivity index (χ1) is 10.3. The lowest BCUT2D eigenvalue weighted by molar-refractivity contribution is -0.149. The number of aliphatic hydroxyl groups is 1. The van der Waals surface area contributed by atoms with Crippen LogP contribution in [0, 0.1) is 0 Å². The number of rotatable bonds is 5. The topological polar surface area (TPSA) is 111 Å². The van der Waals surface area contributed by atoms with Gasteiger partial charge >= 0.3 is 5.97 Å². The predicted octanol–water partition coefficient (Wildman–Crippen LogP) is 0.0325. The van der Waals surface area contributed by atoms with E-state index in [1.54, 1.807) is 0 Å². The van der Waals surface area contributed by atoms with E-state index in [0.29, 0.717) is 24.7 Å². The number of sulfonamides is 1. The Morgan fingerprint density at radius 1 is 1.41 bits per heavy atom. The Hall–Kier alpha value is -1.36. The third-order valence-corrected chi connectivity index (χ3v) is 5.21. The van der Waals surface area contributed by atoms with Crippen LogP contribution in [-0.4, -0.2) is 52.5 Å². The van der Waals surface area contributed by atoms with Crippen LogP contribution >= 0.6 is 15.9 Å². The minimum absolute atomic E-state index is 0.0891. The number of nitrogens with one attached hydrogen (secondary N) is 1. The van der Waals surface area contributed by atoms with Gasteiger partial charge in [-0.2, -0.15) is 0 Å². The van der Waals surface area contributed by atoms with E-state index in [4.69, 9.17) is 9.47 Å². The molecular formula is C12H14BrNO7S. The van der Waals surface area contributed by atoms with Crippen LogP contribution in [0.4, 0.5) is 0 Å².